The second kappa shape index (κ2) is 8.76. The molecule has 0 unspecified atom stereocenters. The first-order valence-corrected chi connectivity index (χ1v) is 10.8. The van der Waals surface area contributed by atoms with Crippen LogP contribution in [0.25, 0.3) is 10.7 Å². The first kappa shape index (κ1) is 20.2. The number of halogens is 2. The standard InChI is InChI=1S/C21H16F2N4OS2/c22-21(23,15-8-3-1-4-9-15)27-19(17-12-7-13-29-17)25-26-20(27)30-14-18(28)24-16-10-5-2-6-11-16/h1-13H,14H2,(H,24,28). The number of benzene rings is 2. The first-order valence-electron chi connectivity index (χ1n) is 8.96. The lowest BCUT2D eigenvalue weighted by Gasteiger charge is -2.21. The number of amides is 1. The molecule has 0 atom stereocenters. The maximum atomic E-state index is 15.5. The molecule has 1 amide bonds. The Morgan fingerprint density at radius 3 is 2.37 bits per heavy atom. The summed E-state index contributed by atoms with van der Waals surface area (Å²) in [4.78, 5) is 12.8. The molecule has 0 aliphatic rings. The molecule has 2 aromatic heterocycles. The lowest BCUT2D eigenvalue weighted by molar-refractivity contribution is -0.113. The Balaban J connectivity index is 1.63. The molecule has 2 heterocycles. The highest BCUT2D eigenvalue weighted by Crippen LogP contribution is 2.38. The van der Waals surface area contributed by atoms with Crippen molar-refractivity contribution < 1.29 is 13.6 Å². The average Bonchev–Trinajstić information content (AvgIpc) is 3.43. The Kier molecular flexibility index (Phi) is 5.91. The van der Waals surface area contributed by atoms with Crippen molar-refractivity contribution in [1.29, 1.82) is 0 Å². The van der Waals surface area contributed by atoms with Gasteiger partial charge in [-0.25, -0.2) is 4.57 Å². The van der Waals surface area contributed by atoms with Crippen LogP contribution in [0.3, 0.4) is 0 Å². The number of anilines is 1. The molecule has 0 saturated carbocycles. The van der Waals surface area contributed by atoms with E-state index in [1.54, 1.807) is 60.0 Å². The molecule has 0 fully saturated rings. The van der Waals surface area contributed by atoms with Gasteiger partial charge in [0, 0.05) is 11.3 Å². The van der Waals surface area contributed by atoms with E-state index < -0.39 is 6.05 Å². The number of nitrogens with zero attached hydrogens (tertiary/aromatic N) is 3. The van der Waals surface area contributed by atoms with Gasteiger partial charge in [-0.15, -0.1) is 21.5 Å². The first-order chi connectivity index (χ1) is 14.6. The number of thiophene rings is 1. The number of alkyl halides is 2. The summed E-state index contributed by atoms with van der Waals surface area (Å²) in [6.07, 6.45) is 0. The predicted molar refractivity (Wildman–Crippen MR) is 115 cm³/mol. The van der Waals surface area contributed by atoms with Gasteiger partial charge in [0.15, 0.2) is 11.0 Å². The van der Waals surface area contributed by atoms with Gasteiger partial charge >= 0.3 is 6.05 Å². The third-order valence-electron chi connectivity index (χ3n) is 4.17. The number of thioether (sulfide) groups is 1. The molecule has 0 saturated heterocycles. The van der Waals surface area contributed by atoms with Crippen LogP contribution in [0.1, 0.15) is 5.56 Å². The van der Waals surface area contributed by atoms with Crippen LogP contribution in [0.5, 0.6) is 0 Å². The van der Waals surface area contributed by atoms with Gasteiger partial charge in [0.05, 0.1) is 10.6 Å². The van der Waals surface area contributed by atoms with E-state index in [1.165, 1.54) is 23.5 Å². The van der Waals surface area contributed by atoms with Gasteiger partial charge in [-0.1, -0.05) is 66.4 Å². The molecule has 2 aromatic carbocycles. The van der Waals surface area contributed by atoms with E-state index in [-0.39, 0.29) is 28.2 Å². The van der Waals surface area contributed by atoms with Gasteiger partial charge in [-0.2, -0.15) is 8.78 Å². The van der Waals surface area contributed by atoms with Crippen LogP contribution in [0, 0.1) is 0 Å². The number of hydrogen-bond acceptors (Lipinski definition) is 5. The van der Waals surface area contributed by atoms with E-state index in [4.69, 9.17) is 0 Å². The quantitative estimate of drug-likeness (QED) is 0.393. The Morgan fingerprint density at radius 2 is 1.70 bits per heavy atom. The van der Waals surface area contributed by atoms with Crippen molar-refractivity contribution in [2.45, 2.75) is 11.2 Å². The second-order valence-corrected chi connectivity index (χ2v) is 8.12. The fourth-order valence-corrected chi connectivity index (χ4v) is 4.26. The van der Waals surface area contributed by atoms with Crippen LogP contribution < -0.4 is 5.32 Å². The van der Waals surface area contributed by atoms with Crippen molar-refractivity contribution in [3.63, 3.8) is 0 Å². The maximum absolute atomic E-state index is 15.5. The minimum atomic E-state index is -3.39. The largest absolute Gasteiger partial charge is 0.359 e. The minimum Gasteiger partial charge on any atom is -0.325 e. The molecule has 4 aromatic rings. The normalized spacial score (nSPS) is 11.4. The van der Waals surface area contributed by atoms with Crippen LogP contribution in [-0.2, 0) is 10.8 Å². The summed E-state index contributed by atoms with van der Waals surface area (Å²) in [6.45, 7) is 0. The fraction of sp³-hybridized carbons (Fsp3) is 0.0952. The Morgan fingerprint density at radius 1 is 1.00 bits per heavy atom. The van der Waals surface area contributed by atoms with E-state index >= 15 is 8.78 Å². The highest BCUT2D eigenvalue weighted by molar-refractivity contribution is 7.99. The van der Waals surface area contributed by atoms with Gasteiger partial charge in [-0.3, -0.25) is 4.79 Å². The summed E-state index contributed by atoms with van der Waals surface area (Å²) in [5.74, 6) is -0.339. The molecule has 30 heavy (non-hydrogen) atoms. The Hall–Kier alpha value is -3.04. The third kappa shape index (κ3) is 4.27. The average molecular weight is 443 g/mol. The molecule has 0 radical (unpaired) electrons. The SMILES string of the molecule is O=C(CSc1nnc(-c2cccs2)n1C(F)(F)c1ccccc1)Nc1ccccc1. The van der Waals surface area contributed by atoms with Crippen molar-refractivity contribution in [3.05, 3.63) is 83.7 Å². The fourth-order valence-electron chi connectivity index (χ4n) is 2.80. The molecular weight excluding hydrogens is 426 g/mol. The zero-order valence-electron chi connectivity index (χ0n) is 15.5. The minimum absolute atomic E-state index is 0.0320. The van der Waals surface area contributed by atoms with Crippen molar-refractivity contribution in [2.75, 3.05) is 11.1 Å². The zero-order valence-corrected chi connectivity index (χ0v) is 17.2. The van der Waals surface area contributed by atoms with Crippen molar-refractivity contribution in [2.24, 2.45) is 0 Å². The molecule has 0 bridgehead atoms. The molecule has 9 heteroatoms. The smallest absolute Gasteiger partial charge is 0.325 e. The van der Waals surface area contributed by atoms with Crippen LogP contribution in [0.4, 0.5) is 14.5 Å². The summed E-state index contributed by atoms with van der Waals surface area (Å²) < 4.78 is 31.8. The Bertz CT molecular complexity index is 1120. The van der Waals surface area contributed by atoms with Gasteiger partial charge in [0.1, 0.15) is 0 Å². The van der Waals surface area contributed by atoms with Crippen molar-refractivity contribution in [3.8, 4) is 10.7 Å². The monoisotopic (exact) mass is 442 g/mol. The number of carbonyl (C=O) groups excluding carboxylic acids is 1. The van der Waals surface area contributed by atoms with E-state index in [2.05, 4.69) is 15.5 Å². The van der Waals surface area contributed by atoms with Crippen LogP contribution in [0.2, 0.25) is 0 Å². The number of para-hydroxylation sites is 1. The molecular formula is C21H16F2N4OS2. The Labute approximate surface area is 179 Å². The summed E-state index contributed by atoms with van der Waals surface area (Å²) in [5.41, 5.74) is 0.455. The van der Waals surface area contributed by atoms with Gasteiger partial charge in [-0.05, 0) is 23.6 Å². The topological polar surface area (TPSA) is 59.8 Å². The van der Waals surface area contributed by atoms with Crippen LogP contribution in [-0.4, -0.2) is 26.4 Å². The van der Waals surface area contributed by atoms with Gasteiger partial charge in [0.25, 0.3) is 0 Å². The number of aromatic nitrogens is 3. The number of nitrogens with one attached hydrogen (secondary N) is 1. The van der Waals surface area contributed by atoms with Crippen LogP contribution in [0.15, 0.2) is 83.3 Å². The second-order valence-electron chi connectivity index (χ2n) is 6.23. The summed E-state index contributed by atoms with van der Waals surface area (Å²) >= 11 is 2.21. The molecule has 5 nitrogen and oxygen atoms in total. The molecule has 4 rings (SSSR count). The van der Waals surface area contributed by atoms with Crippen molar-refractivity contribution in [1.82, 2.24) is 14.8 Å². The van der Waals surface area contributed by atoms with E-state index in [9.17, 15) is 4.79 Å². The third-order valence-corrected chi connectivity index (χ3v) is 5.96. The highest BCUT2D eigenvalue weighted by Gasteiger charge is 2.39. The number of rotatable bonds is 7. The van der Waals surface area contributed by atoms with Gasteiger partial charge in [0.2, 0.25) is 5.91 Å². The maximum Gasteiger partial charge on any atom is 0.359 e. The molecule has 152 valence electrons. The van der Waals surface area contributed by atoms with Gasteiger partial charge < -0.3 is 5.32 Å². The summed E-state index contributed by atoms with van der Waals surface area (Å²) in [7, 11) is 0. The van der Waals surface area contributed by atoms with E-state index in [1.807, 2.05) is 6.07 Å². The van der Waals surface area contributed by atoms with E-state index in [0.717, 1.165) is 16.3 Å². The molecule has 1 N–H and O–H groups in total. The molecule has 0 aliphatic carbocycles. The van der Waals surface area contributed by atoms with E-state index in [0.29, 0.717) is 10.6 Å². The zero-order chi connectivity index (χ0) is 21.0. The highest BCUT2D eigenvalue weighted by atomic mass is 32.2. The lowest BCUT2D eigenvalue weighted by Crippen LogP contribution is -2.26. The molecule has 0 spiro atoms. The summed E-state index contributed by atoms with van der Waals surface area (Å²) in [5, 5.41) is 12.5. The number of hydrogen-bond donors (Lipinski definition) is 1. The molecule has 0 aliphatic heterocycles. The van der Waals surface area contributed by atoms with Crippen molar-refractivity contribution >= 4 is 34.7 Å². The predicted octanol–water partition coefficient (Wildman–Crippen LogP) is 5.34. The summed E-state index contributed by atoms with van der Waals surface area (Å²) in [6, 6.07) is 16.5. The lowest BCUT2D eigenvalue weighted by atomic mass is 10.2. The van der Waals surface area contributed by atoms with Crippen LogP contribution >= 0.6 is 23.1 Å². The number of carbonyl (C=O) groups is 1.